The zero-order valence-corrected chi connectivity index (χ0v) is 11.1. The molecule has 100 valence electrons. The summed E-state index contributed by atoms with van der Waals surface area (Å²) in [4.78, 5) is 4.00. The smallest absolute Gasteiger partial charge is 0.0507 e. The van der Waals surface area contributed by atoms with E-state index in [0.717, 1.165) is 43.7 Å². The molecule has 3 nitrogen and oxygen atoms in total. The van der Waals surface area contributed by atoms with Crippen molar-refractivity contribution in [2.75, 3.05) is 18.9 Å². The summed E-state index contributed by atoms with van der Waals surface area (Å²) in [7, 11) is 0. The first kappa shape index (κ1) is 13.6. The van der Waals surface area contributed by atoms with Crippen molar-refractivity contribution in [2.24, 2.45) is 0 Å². The van der Waals surface area contributed by atoms with E-state index in [0.29, 0.717) is 0 Å². The highest BCUT2D eigenvalue weighted by molar-refractivity contribution is 5.46. The normalized spacial score (nSPS) is 10.5. The summed E-state index contributed by atoms with van der Waals surface area (Å²) in [6, 6.07) is 12.0. The van der Waals surface area contributed by atoms with E-state index in [1.54, 1.807) is 0 Å². The van der Waals surface area contributed by atoms with Gasteiger partial charge in [0, 0.05) is 24.7 Å². The molecule has 2 N–H and O–H groups in total. The lowest BCUT2D eigenvalue weighted by Crippen LogP contribution is -2.03. The van der Waals surface area contributed by atoms with Crippen molar-refractivity contribution in [3.8, 4) is 0 Å². The van der Waals surface area contributed by atoms with E-state index in [1.165, 1.54) is 5.56 Å². The molecule has 0 unspecified atom stereocenters. The Kier molecular flexibility index (Phi) is 5.38. The maximum absolute atomic E-state index is 5.88. The molecule has 0 radical (unpaired) electrons. The standard InChI is InChI=1S/C16H20N2O/c17-16-6-2-1-5-15(16)9-13-19-12-3-4-14-7-10-18-11-8-14/h1-2,5-8,10-11H,3-4,9,12-13,17H2. The van der Waals surface area contributed by atoms with E-state index in [9.17, 15) is 0 Å². The van der Waals surface area contributed by atoms with Crippen molar-refractivity contribution in [1.82, 2.24) is 4.98 Å². The minimum Gasteiger partial charge on any atom is -0.399 e. The molecule has 0 aliphatic rings. The molecular weight excluding hydrogens is 236 g/mol. The summed E-state index contributed by atoms with van der Waals surface area (Å²) < 4.78 is 5.64. The Bertz CT molecular complexity index is 485. The van der Waals surface area contributed by atoms with Crippen LogP contribution in [0.1, 0.15) is 17.5 Å². The molecule has 2 rings (SSSR count). The molecule has 3 heteroatoms. The molecule has 0 saturated heterocycles. The zero-order chi connectivity index (χ0) is 13.3. The number of rotatable bonds is 7. The van der Waals surface area contributed by atoms with Crippen LogP contribution in [0.4, 0.5) is 5.69 Å². The summed E-state index contributed by atoms with van der Waals surface area (Å²) in [6.07, 6.45) is 6.61. The first-order chi connectivity index (χ1) is 9.36. The van der Waals surface area contributed by atoms with E-state index in [1.807, 2.05) is 42.7 Å². The van der Waals surface area contributed by atoms with Gasteiger partial charge in [0.15, 0.2) is 0 Å². The summed E-state index contributed by atoms with van der Waals surface area (Å²) in [5.41, 5.74) is 9.20. The Labute approximate surface area is 114 Å². The summed E-state index contributed by atoms with van der Waals surface area (Å²) in [5, 5.41) is 0. The van der Waals surface area contributed by atoms with Gasteiger partial charge in [-0.2, -0.15) is 0 Å². The Hall–Kier alpha value is -1.87. The second-order valence-electron chi connectivity index (χ2n) is 4.52. The van der Waals surface area contributed by atoms with Crippen LogP contribution in [0.3, 0.4) is 0 Å². The molecule has 1 aromatic carbocycles. The highest BCUT2D eigenvalue weighted by atomic mass is 16.5. The van der Waals surface area contributed by atoms with Gasteiger partial charge in [-0.3, -0.25) is 4.98 Å². The molecule has 2 aromatic rings. The largest absolute Gasteiger partial charge is 0.399 e. The van der Waals surface area contributed by atoms with Crippen molar-refractivity contribution in [2.45, 2.75) is 19.3 Å². The number of pyridine rings is 1. The van der Waals surface area contributed by atoms with Crippen LogP contribution in [0.25, 0.3) is 0 Å². The third-order valence-corrected chi connectivity index (χ3v) is 3.07. The maximum atomic E-state index is 5.88. The number of benzene rings is 1. The summed E-state index contributed by atoms with van der Waals surface area (Å²) >= 11 is 0. The molecule has 0 bridgehead atoms. The molecule has 0 spiro atoms. The zero-order valence-electron chi connectivity index (χ0n) is 11.1. The lowest BCUT2D eigenvalue weighted by Gasteiger charge is -2.06. The van der Waals surface area contributed by atoms with Gasteiger partial charge >= 0.3 is 0 Å². The fourth-order valence-electron chi connectivity index (χ4n) is 1.97. The summed E-state index contributed by atoms with van der Waals surface area (Å²) in [6.45, 7) is 1.51. The fourth-order valence-corrected chi connectivity index (χ4v) is 1.97. The van der Waals surface area contributed by atoms with E-state index in [4.69, 9.17) is 10.5 Å². The molecule has 19 heavy (non-hydrogen) atoms. The van der Waals surface area contributed by atoms with E-state index in [2.05, 4.69) is 11.1 Å². The number of nitrogens with two attached hydrogens (primary N) is 1. The Balaban J connectivity index is 1.59. The number of anilines is 1. The van der Waals surface area contributed by atoms with Gasteiger partial charge in [0.2, 0.25) is 0 Å². The van der Waals surface area contributed by atoms with Crippen molar-refractivity contribution in [1.29, 1.82) is 0 Å². The number of aryl methyl sites for hydroxylation is 1. The minimum atomic E-state index is 0.727. The SMILES string of the molecule is Nc1ccccc1CCOCCCc1ccncc1. The highest BCUT2D eigenvalue weighted by Gasteiger charge is 1.98. The van der Waals surface area contributed by atoms with E-state index >= 15 is 0 Å². The molecule has 0 atom stereocenters. The molecular formula is C16H20N2O. The number of ether oxygens (including phenoxy) is 1. The van der Waals surface area contributed by atoms with Crippen molar-refractivity contribution in [3.63, 3.8) is 0 Å². The first-order valence-electron chi connectivity index (χ1n) is 6.66. The van der Waals surface area contributed by atoms with Gasteiger partial charge < -0.3 is 10.5 Å². The number of para-hydroxylation sites is 1. The van der Waals surface area contributed by atoms with Crippen LogP contribution in [0, 0.1) is 0 Å². The summed E-state index contributed by atoms with van der Waals surface area (Å²) in [5.74, 6) is 0. The Morgan fingerprint density at radius 2 is 1.74 bits per heavy atom. The predicted octanol–water partition coefficient (Wildman–Crippen LogP) is 2.86. The molecule has 0 fully saturated rings. The maximum Gasteiger partial charge on any atom is 0.0507 e. The monoisotopic (exact) mass is 256 g/mol. The second-order valence-corrected chi connectivity index (χ2v) is 4.52. The Morgan fingerprint density at radius 3 is 2.53 bits per heavy atom. The molecule has 1 aromatic heterocycles. The number of nitrogens with zero attached hydrogens (tertiary/aromatic N) is 1. The lowest BCUT2D eigenvalue weighted by atomic mass is 10.1. The molecule has 1 heterocycles. The topological polar surface area (TPSA) is 48.1 Å². The molecule has 0 amide bonds. The van der Waals surface area contributed by atoms with Crippen LogP contribution < -0.4 is 5.73 Å². The van der Waals surface area contributed by atoms with Gasteiger partial charge in [0.25, 0.3) is 0 Å². The van der Waals surface area contributed by atoms with Crippen molar-refractivity contribution in [3.05, 3.63) is 59.9 Å². The number of aromatic nitrogens is 1. The van der Waals surface area contributed by atoms with Gasteiger partial charge in [0.05, 0.1) is 6.61 Å². The molecule has 0 aliphatic carbocycles. The number of hydrogen-bond donors (Lipinski definition) is 1. The minimum absolute atomic E-state index is 0.727. The lowest BCUT2D eigenvalue weighted by molar-refractivity contribution is 0.135. The van der Waals surface area contributed by atoms with Gasteiger partial charge in [-0.05, 0) is 48.6 Å². The highest BCUT2D eigenvalue weighted by Crippen LogP contribution is 2.11. The van der Waals surface area contributed by atoms with Crippen molar-refractivity contribution >= 4 is 5.69 Å². The van der Waals surface area contributed by atoms with Gasteiger partial charge in [-0.15, -0.1) is 0 Å². The van der Waals surface area contributed by atoms with Crippen LogP contribution in [0.5, 0.6) is 0 Å². The first-order valence-corrected chi connectivity index (χ1v) is 6.66. The average molecular weight is 256 g/mol. The van der Waals surface area contributed by atoms with Crippen LogP contribution >= 0.6 is 0 Å². The van der Waals surface area contributed by atoms with E-state index in [-0.39, 0.29) is 0 Å². The van der Waals surface area contributed by atoms with Crippen LogP contribution in [-0.2, 0) is 17.6 Å². The average Bonchev–Trinajstić information content (AvgIpc) is 2.45. The molecule has 0 aliphatic heterocycles. The number of nitrogen functional groups attached to an aromatic ring is 1. The van der Waals surface area contributed by atoms with E-state index < -0.39 is 0 Å². The quantitative estimate of drug-likeness (QED) is 0.612. The van der Waals surface area contributed by atoms with Gasteiger partial charge in [-0.25, -0.2) is 0 Å². The third kappa shape index (κ3) is 4.72. The van der Waals surface area contributed by atoms with Crippen LogP contribution in [0.2, 0.25) is 0 Å². The second kappa shape index (κ2) is 7.54. The molecule has 0 saturated carbocycles. The van der Waals surface area contributed by atoms with Crippen molar-refractivity contribution < 1.29 is 4.74 Å². The Morgan fingerprint density at radius 1 is 0.947 bits per heavy atom. The fraction of sp³-hybridized carbons (Fsp3) is 0.312. The van der Waals surface area contributed by atoms with Gasteiger partial charge in [0.1, 0.15) is 0 Å². The van der Waals surface area contributed by atoms with Crippen LogP contribution in [0.15, 0.2) is 48.8 Å². The van der Waals surface area contributed by atoms with Gasteiger partial charge in [-0.1, -0.05) is 18.2 Å². The van der Waals surface area contributed by atoms with Crippen LogP contribution in [-0.4, -0.2) is 18.2 Å². The predicted molar refractivity (Wildman–Crippen MR) is 77.9 cm³/mol. The third-order valence-electron chi connectivity index (χ3n) is 3.07. The number of hydrogen-bond acceptors (Lipinski definition) is 3.